The van der Waals surface area contributed by atoms with E-state index in [0.717, 1.165) is 4.70 Å². The van der Waals surface area contributed by atoms with Crippen LogP contribution in [0.25, 0.3) is 10.2 Å². The molecule has 0 saturated carbocycles. The van der Waals surface area contributed by atoms with Gasteiger partial charge in [0.05, 0.1) is 10.4 Å². The predicted molar refractivity (Wildman–Crippen MR) is 75.2 cm³/mol. The molecule has 7 heteroatoms. The van der Waals surface area contributed by atoms with Gasteiger partial charge in [0, 0.05) is 25.5 Å². The molecule has 0 atom stereocenters. The van der Waals surface area contributed by atoms with E-state index in [0.29, 0.717) is 21.9 Å². The number of carbonyl (C=O) groups is 1. The number of aromatic nitrogens is 3. The monoisotopic (exact) mass is 273 g/mol. The van der Waals surface area contributed by atoms with Gasteiger partial charge in [-0.15, -0.1) is 11.3 Å². The second-order valence-corrected chi connectivity index (χ2v) is 5.08. The van der Waals surface area contributed by atoms with Gasteiger partial charge in [0.25, 0.3) is 5.91 Å². The number of rotatable bonds is 2. The van der Waals surface area contributed by atoms with Crippen molar-refractivity contribution < 1.29 is 4.79 Å². The molecule has 0 fully saturated rings. The van der Waals surface area contributed by atoms with Crippen LogP contribution in [0.2, 0.25) is 0 Å². The summed E-state index contributed by atoms with van der Waals surface area (Å²) < 4.78 is 2.51. The number of aryl methyl sites for hydroxylation is 1. The average molecular weight is 273 g/mol. The molecule has 3 rings (SSSR count). The lowest BCUT2D eigenvalue weighted by Gasteiger charge is -2.00. The molecule has 0 unspecified atom stereocenters. The Morgan fingerprint density at radius 2 is 2.32 bits per heavy atom. The number of hydrogen-bond acceptors (Lipinski definition) is 5. The van der Waals surface area contributed by atoms with Crippen LogP contribution in [0.15, 0.2) is 30.6 Å². The minimum absolute atomic E-state index is 0.265. The minimum Gasteiger partial charge on any atom is -0.396 e. The number of nitrogens with one attached hydrogen (secondary N) is 1. The van der Waals surface area contributed by atoms with E-state index in [4.69, 9.17) is 5.73 Å². The van der Waals surface area contributed by atoms with Crippen LogP contribution in [-0.4, -0.2) is 20.7 Å². The summed E-state index contributed by atoms with van der Waals surface area (Å²) in [7, 11) is 1.79. The summed E-state index contributed by atoms with van der Waals surface area (Å²) in [4.78, 5) is 16.8. The summed E-state index contributed by atoms with van der Waals surface area (Å²) in [6.07, 6.45) is 3.41. The summed E-state index contributed by atoms with van der Waals surface area (Å²) in [5.41, 5.74) is 7.04. The van der Waals surface area contributed by atoms with Crippen LogP contribution in [0.1, 0.15) is 9.67 Å². The molecule has 96 valence electrons. The minimum atomic E-state index is -0.265. The van der Waals surface area contributed by atoms with Gasteiger partial charge in [-0.3, -0.25) is 14.5 Å². The highest BCUT2D eigenvalue weighted by molar-refractivity contribution is 7.21. The van der Waals surface area contributed by atoms with Crippen molar-refractivity contribution in [2.24, 2.45) is 7.05 Å². The molecular weight excluding hydrogens is 262 g/mol. The normalized spacial score (nSPS) is 10.8. The number of amides is 1. The first-order valence-corrected chi connectivity index (χ1v) is 6.41. The molecule has 1 amide bonds. The third-order valence-corrected chi connectivity index (χ3v) is 3.80. The lowest BCUT2D eigenvalue weighted by Crippen LogP contribution is -2.12. The van der Waals surface area contributed by atoms with Crippen molar-refractivity contribution in [2.75, 3.05) is 11.1 Å². The van der Waals surface area contributed by atoms with Gasteiger partial charge >= 0.3 is 0 Å². The Morgan fingerprint density at radius 3 is 3.00 bits per heavy atom. The Bertz CT molecular complexity index is 760. The van der Waals surface area contributed by atoms with Crippen molar-refractivity contribution in [1.29, 1.82) is 0 Å². The fourth-order valence-electron chi connectivity index (χ4n) is 1.77. The van der Waals surface area contributed by atoms with Crippen molar-refractivity contribution in [3.05, 3.63) is 35.5 Å². The first-order valence-electron chi connectivity index (χ1n) is 5.59. The number of pyridine rings is 1. The number of nitrogens with zero attached hydrogens (tertiary/aromatic N) is 3. The Balaban J connectivity index is 1.95. The second kappa shape index (κ2) is 4.36. The molecule has 0 spiro atoms. The Labute approximate surface area is 112 Å². The van der Waals surface area contributed by atoms with Gasteiger partial charge in [-0.2, -0.15) is 5.10 Å². The van der Waals surface area contributed by atoms with E-state index in [1.54, 1.807) is 30.2 Å². The molecule has 3 aromatic heterocycles. The van der Waals surface area contributed by atoms with Crippen LogP contribution < -0.4 is 11.1 Å². The first-order chi connectivity index (χ1) is 9.15. The molecule has 3 N–H and O–H groups in total. The first kappa shape index (κ1) is 11.7. The van der Waals surface area contributed by atoms with Crippen molar-refractivity contribution in [3.63, 3.8) is 0 Å². The van der Waals surface area contributed by atoms with Crippen molar-refractivity contribution >= 4 is 39.0 Å². The number of carbonyl (C=O) groups excluding carboxylic acids is 1. The number of thiophene rings is 1. The van der Waals surface area contributed by atoms with Crippen LogP contribution in [0.5, 0.6) is 0 Å². The Morgan fingerprint density at radius 1 is 1.47 bits per heavy atom. The largest absolute Gasteiger partial charge is 0.396 e. The van der Waals surface area contributed by atoms with Gasteiger partial charge in [0.1, 0.15) is 10.4 Å². The van der Waals surface area contributed by atoms with E-state index >= 15 is 0 Å². The molecule has 3 aromatic rings. The molecule has 0 saturated heterocycles. The average Bonchev–Trinajstić information content (AvgIpc) is 2.94. The van der Waals surface area contributed by atoms with Crippen molar-refractivity contribution in [3.8, 4) is 0 Å². The highest BCUT2D eigenvalue weighted by Gasteiger charge is 2.17. The maximum atomic E-state index is 12.2. The lowest BCUT2D eigenvalue weighted by atomic mass is 10.3. The molecule has 6 nitrogen and oxygen atoms in total. The predicted octanol–water partition coefficient (Wildman–Crippen LogP) is 1.86. The zero-order chi connectivity index (χ0) is 13.4. The fraction of sp³-hybridized carbons (Fsp3) is 0.0833. The summed E-state index contributed by atoms with van der Waals surface area (Å²) in [5, 5.41) is 6.81. The standard InChI is InChI=1S/C12H11N5OS/c1-17-6-4-8(16-17)15-12(18)11-9(13)10-7(19-11)3-2-5-14-10/h2-6H,13H2,1H3,(H,15,16,18). The van der Waals surface area contributed by atoms with Gasteiger partial charge in [-0.25, -0.2) is 0 Å². The number of anilines is 2. The summed E-state index contributed by atoms with van der Waals surface area (Å²) >= 11 is 1.32. The van der Waals surface area contributed by atoms with Gasteiger partial charge in [0.2, 0.25) is 0 Å². The number of hydrogen-bond donors (Lipinski definition) is 2. The van der Waals surface area contributed by atoms with Crippen LogP contribution in [0.3, 0.4) is 0 Å². The molecule has 0 bridgehead atoms. The fourth-order valence-corrected chi connectivity index (χ4v) is 2.75. The van der Waals surface area contributed by atoms with E-state index in [-0.39, 0.29) is 5.91 Å². The van der Waals surface area contributed by atoms with Crippen LogP contribution in [-0.2, 0) is 7.05 Å². The second-order valence-electron chi connectivity index (χ2n) is 4.02. The van der Waals surface area contributed by atoms with Gasteiger partial charge < -0.3 is 11.1 Å². The quantitative estimate of drug-likeness (QED) is 0.746. The molecule has 0 radical (unpaired) electrons. The van der Waals surface area contributed by atoms with E-state index in [2.05, 4.69) is 15.4 Å². The topological polar surface area (TPSA) is 85.8 Å². The molecule has 0 aliphatic heterocycles. The smallest absolute Gasteiger partial charge is 0.269 e. The Hall–Kier alpha value is -2.41. The summed E-state index contributed by atoms with van der Waals surface area (Å²) in [6.45, 7) is 0. The number of nitrogens with two attached hydrogens (primary N) is 1. The van der Waals surface area contributed by atoms with Crippen LogP contribution in [0.4, 0.5) is 11.5 Å². The van der Waals surface area contributed by atoms with E-state index in [1.165, 1.54) is 11.3 Å². The molecule has 3 heterocycles. The summed E-state index contributed by atoms with van der Waals surface area (Å²) in [5.74, 6) is 0.233. The van der Waals surface area contributed by atoms with Crippen LogP contribution >= 0.6 is 11.3 Å². The molecule has 0 aliphatic carbocycles. The molecule has 0 aliphatic rings. The highest BCUT2D eigenvalue weighted by Crippen LogP contribution is 2.32. The third-order valence-electron chi connectivity index (χ3n) is 2.64. The van der Waals surface area contributed by atoms with Crippen molar-refractivity contribution in [2.45, 2.75) is 0 Å². The molecule has 19 heavy (non-hydrogen) atoms. The summed E-state index contributed by atoms with van der Waals surface area (Å²) in [6, 6.07) is 5.43. The van der Waals surface area contributed by atoms with E-state index in [9.17, 15) is 4.79 Å². The van der Waals surface area contributed by atoms with E-state index < -0.39 is 0 Å². The van der Waals surface area contributed by atoms with Gasteiger partial charge in [-0.1, -0.05) is 0 Å². The van der Waals surface area contributed by atoms with Crippen molar-refractivity contribution in [1.82, 2.24) is 14.8 Å². The SMILES string of the molecule is Cn1ccc(NC(=O)c2sc3cccnc3c2N)n1. The van der Waals surface area contributed by atoms with Crippen LogP contribution in [0, 0.1) is 0 Å². The zero-order valence-corrected chi connectivity index (χ0v) is 10.9. The lowest BCUT2D eigenvalue weighted by molar-refractivity contribution is 0.103. The van der Waals surface area contributed by atoms with E-state index in [1.807, 2.05) is 12.1 Å². The maximum Gasteiger partial charge on any atom is 0.269 e. The maximum absolute atomic E-state index is 12.2. The molecular formula is C12H11N5OS. The zero-order valence-electron chi connectivity index (χ0n) is 10.1. The number of nitrogen functional groups attached to an aromatic ring is 1. The highest BCUT2D eigenvalue weighted by atomic mass is 32.1. The van der Waals surface area contributed by atoms with Gasteiger partial charge in [-0.05, 0) is 12.1 Å². The Kier molecular flexibility index (Phi) is 2.68. The third kappa shape index (κ3) is 2.04. The van der Waals surface area contributed by atoms with Gasteiger partial charge in [0.15, 0.2) is 5.82 Å². The molecule has 0 aromatic carbocycles. The number of fused-ring (bicyclic) bond motifs is 1.